The van der Waals surface area contributed by atoms with Crippen molar-refractivity contribution >= 4 is 11.9 Å². The molecule has 0 saturated carbocycles. The van der Waals surface area contributed by atoms with E-state index in [9.17, 15) is 9.59 Å². The van der Waals surface area contributed by atoms with E-state index < -0.39 is 18.7 Å². The van der Waals surface area contributed by atoms with Gasteiger partial charge in [0.25, 0.3) is 5.91 Å². The van der Waals surface area contributed by atoms with Gasteiger partial charge in [-0.2, -0.15) is 0 Å². The molecule has 5 heteroatoms. The van der Waals surface area contributed by atoms with Crippen LogP contribution in [0.25, 0.3) is 0 Å². The number of rotatable bonds is 1. The molecule has 0 aromatic heterocycles. The molecule has 0 saturated heterocycles. The highest BCUT2D eigenvalue weighted by molar-refractivity contribution is 6.05. The van der Waals surface area contributed by atoms with Gasteiger partial charge < -0.3 is 5.11 Å². The van der Waals surface area contributed by atoms with Gasteiger partial charge in [0, 0.05) is 11.8 Å². The maximum absolute atomic E-state index is 11.0. The van der Waals surface area contributed by atoms with Gasteiger partial charge >= 0.3 is 6.03 Å². The summed E-state index contributed by atoms with van der Waals surface area (Å²) in [5.74, 6) is -0.493. The Kier molecular flexibility index (Phi) is 1.91. The van der Waals surface area contributed by atoms with Crippen LogP contribution in [0.4, 0.5) is 4.79 Å². The predicted octanol–water partition coefficient (Wildman–Crippen LogP) is -0.593. The third-order valence-electron chi connectivity index (χ3n) is 1.32. The van der Waals surface area contributed by atoms with Gasteiger partial charge in [0.05, 0.1) is 0 Å². The van der Waals surface area contributed by atoms with Crippen molar-refractivity contribution in [1.82, 2.24) is 10.2 Å². The number of aliphatic hydroxyl groups is 1. The second kappa shape index (κ2) is 2.71. The zero-order chi connectivity index (χ0) is 8.43. The summed E-state index contributed by atoms with van der Waals surface area (Å²) in [6.45, 7) is 0.910. The normalized spacial score (nSPS) is 18.0. The molecule has 0 aromatic rings. The second-order valence-electron chi connectivity index (χ2n) is 2.10. The van der Waals surface area contributed by atoms with Crippen molar-refractivity contribution in [3.8, 4) is 0 Å². The van der Waals surface area contributed by atoms with E-state index in [2.05, 4.69) is 5.32 Å². The molecule has 1 aliphatic rings. The summed E-state index contributed by atoms with van der Waals surface area (Å²) >= 11 is 0. The predicted molar refractivity (Wildman–Crippen MR) is 35.2 cm³/mol. The number of nitrogens with zero attached hydrogens (tertiary/aromatic N) is 2. The van der Waals surface area contributed by atoms with Crippen molar-refractivity contribution in [2.45, 2.75) is 6.92 Å². The van der Waals surface area contributed by atoms with Crippen molar-refractivity contribution in [3.63, 3.8) is 0 Å². The molecular weight excluding hydrogens is 148 g/mol. The van der Waals surface area contributed by atoms with Gasteiger partial charge in [-0.15, -0.1) is 0 Å². The van der Waals surface area contributed by atoms with Crippen LogP contribution in [0.5, 0.6) is 0 Å². The molecule has 1 radical (unpaired) electrons. The Bertz CT molecular complexity index is 234. The highest BCUT2D eigenvalue weighted by atomic mass is 16.3. The molecule has 0 spiro atoms. The average molecular weight is 155 g/mol. The molecule has 0 bridgehead atoms. The van der Waals surface area contributed by atoms with Gasteiger partial charge in [0.15, 0.2) is 0 Å². The Morgan fingerprint density at radius 2 is 2.27 bits per heavy atom. The minimum Gasteiger partial charge on any atom is -0.376 e. The molecule has 0 atom stereocenters. The van der Waals surface area contributed by atoms with Crippen LogP contribution < -0.4 is 5.32 Å². The fraction of sp³-hybridized carbons (Fsp3) is 0.333. The zero-order valence-corrected chi connectivity index (χ0v) is 5.94. The van der Waals surface area contributed by atoms with Gasteiger partial charge in [-0.25, -0.2) is 15.0 Å². The van der Waals surface area contributed by atoms with Crippen molar-refractivity contribution in [3.05, 3.63) is 11.8 Å². The summed E-state index contributed by atoms with van der Waals surface area (Å²) in [7, 11) is 0. The first kappa shape index (κ1) is 7.74. The van der Waals surface area contributed by atoms with Crippen LogP contribution in [0.1, 0.15) is 6.92 Å². The van der Waals surface area contributed by atoms with Gasteiger partial charge in [-0.1, -0.05) is 0 Å². The molecule has 5 nitrogen and oxygen atoms in total. The summed E-state index contributed by atoms with van der Waals surface area (Å²) < 4.78 is 0. The number of urea groups is 1. The summed E-state index contributed by atoms with van der Waals surface area (Å²) in [6.07, 6.45) is 1.19. The maximum atomic E-state index is 11.0. The lowest BCUT2D eigenvalue weighted by molar-refractivity contribution is -0.127. The van der Waals surface area contributed by atoms with E-state index in [1.54, 1.807) is 0 Å². The van der Waals surface area contributed by atoms with E-state index in [0.717, 1.165) is 0 Å². The first-order chi connectivity index (χ1) is 5.16. The number of amides is 3. The third-order valence-corrected chi connectivity index (χ3v) is 1.32. The molecule has 0 aliphatic carbocycles. The zero-order valence-electron chi connectivity index (χ0n) is 5.94. The fourth-order valence-electron chi connectivity index (χ4n) is 0.701. The van der Waals surface area contributed by atoms with Crippen LogP contribution in [0.15, 0.2) is 11.8 Å². The molecule has 0 fully saturated rings. The summed E-state index contributed by atoms with van der Waals surface area (Å²) in [5, 5.41) is 11.9. The van der Waals surface area contributed by atoms with Gasteiger partial charge in [0.1, 0.15) is 6.73 Å². The molecule has 1 rings (SSSR count). The molecule has 1 aliphatic heterocycles. The van der Waals surface area contributed by atoms with Crippen molar-refractivity contribution in [1.29, 1.82) is 0 Å². The molecule has 59 valence electrons. The number of carbonyl (C=O) groups excluding carboxylic acids is 2. The fourth-order valence-corrected chi connectivity index (χ4v) is 0.701. The monoisotopic (exact) mass is 155 g/mol. The van der Waals surface area contributed by atoms with Gasteiger partial charge in [-0.3, -0.25) is 4.79 Å². The maximum Gasteiger partial charge on any atom is 0.352 e. The lowest BCUT2D eigenvalue weighted by Crippen LogP contribution is -2.43. The SMILES string of the molecule is CC1=C[N]C(=O)N(CO)C1=O. The third kappa shape index (κ3) is 1.22. The van der Waals surface area contributed by atoms with Gasteiger partial charge in [0.2, 0.25) is 0 Å². The van der Waals surface area contributed by atoms with Crippen LogP contribution in [-0.4, -0.2) is 28.7 Å². The highest BCUT2D eigenvalue weighted by Crippen LogP contribution is 2.05. The average Bonchev–Trinajstić information content (AvgIpc) is 1.99. The van der Waals surface area contributed by atoms with E-state index in [-0.39, 0.29) is 0 Å². The first-order valence-corrected chi connectivity index (χ1v) is 3.01. The molecule has 11 heavy (non-hydrogen) atoms. The molecular formula is C6H7N2O3. The first-order valence-electron chi connectivity index (χ1n) is 3.01. The van der Waals surface area contributed by atoms with Crippen LogP contribution in [0.3, 0.4) is 0 Å². The number of hydrogen-bond donors (Lipinski definition) is 1. The van der Waals surface area contributed by atoms with E-state index in [4.69, 9.17) is 5.11 Å². The summed E-state index contributed by atoms with van der Waals surface area (Å²) in [5.41, 5.74) is 0.346. The lowest BCUT2D eigenvalue weighted by atomic mass is 10.2. The van der Waals surface area contributed by atoms with Crippen LogP contribution in [-0.2, 0) is 4.79 Å². The number of imide groups is 1. The number of hydrogen-bond acceptors (Lipinski definition) is 3. The minimum atomic E-state index is -0.719. The Morgan fingerprint density at radius 3 is 2.73 bits per heavy atom. The Balaban J connectivity index is 2.88. The lowest BCUT2D eigenvalue weighted by Gasteiger charge is -2.19. The summed E-state index contributed by atoms with van der Waals surface area (Å²) in [6, 6.07) is -0.719. The molecule has 1 N–H and O–H groups in total. The van der Waals surface area contributed by atoms with Crippen LogP contribution in [0, 0.1) is 0 Å². The molecule has 0 unspecified atom stereocenters. The van der Waals surface area contributed by atoms with Crippen molar-refractivity contribution in [2.75, 3.05) is 6.73 Å². The van der Waals surface area contributed by atoms with Crippen molar-refractivity contribution < 1.29 is 14.7 Å². The highest BCUT2D eigenvalue weighted by Gasteiger charge is 2.26. The Hall–Kier alpha value is -1.36. The van der Waals surface area contributed by atoms with Crippen LogP contribution >= 0.6 is 0 Å². The molecule has 0 aromatic carbocycles. The second-order valence-corrected chi connectivity index (χ2v) is 2.10. The summed E-state index contributed by atoms with van der Waals surface area (Å²) in [4.78, 5) is 22.4. The molecule has 3 amide bonds. The number of aliphatic hydroxyl groups excluding tert-OH is 1. The standard InChI is InChI=1S/C6H7N2O3/c1-4-2-7-6(11)8(3-9)5(4)10/h2,9H,3H2,1H3. The smallest absolute Gasteiger partial charge is 0.352 e. The Morgan fingerprint density at radius 1 is 1.64 bits per heavy atom. The van der Waals surface area contributed by atoms with E-state index in [0.29, 0.717) is 10.5 Å². The van der Waals surface area contributed by atoms with E-state index in [1.807, 2.05) is 0 Å². The largest absolute Gasteiger partial charge is 0.376 e. The minimum absolute atomic E-state index is 0.346. The molecule has 1 heterocycles. The quantitative estimate of drug-likeness (QED) is 0.550. The van der Waals surface area contributed by atoms with Crippen molar-refractivity contribution in [2.24, 2.45) is 0 Å². The number of carbonyl (C=O) groups is 2. The van der Waals surface area contributed by atoms with Crippen LogP contribution in [0.2, 0.25) is 0 Å². The van der Waals surface area contributed by atoms with E-state index in [1.165, 1.54) is 13.1 Å². The topological polar surface area (TPSA) is 71.7 Å². The van der Waals surface area contributed by atoms with E-state index >= 15 is 0 Å². The van der Waals surface area contributed by atoms with Gasteiger partial charge in [-0.05, 0) is 6.92 Å². The Labute approximate surface area is 63.3 Å².